The number of nitrogens with one attached hydrogen (secondary N) is 1. The molecule has 0 aliphatic heterocycles. The number of nitrogens with zero attached hydrogens (tertiary/aromatic N) is 1. The largest absolute Gasteiger partial charge is 0.378 e. The minimum Gasteiger partial charge on any atom is -0.378 e. The molecule has 1 heterocycles. The fourth-order valence-electron chi connectivity index (χ4n) is 2.55. The van der Waals surface area contributed by atoms with E-state index in [2.05, 4.69) is 33.4 Å². The predicted octanol–water partition coefficient (Wildman–Crippen LogP) is 4.87. The van der Waals surface area contributed by atoms with Crippen LogP contribution in [0.15, 0.2) is 34.1 Å². The Balaban J connectivity index is 1.86. The maximum atomic E-state index is 8.95. The van der Waals surface area contributed by atoms with Crippen LogP contribution in [-0.4, -0.2) is 0 Å². The molecule has 96 valence electrons. The van der Waals surface area contributed by atoms with E-state index in [-0.39, 0.29) is 0 Å². The summed E-state index contributed by atoms with van der Waals surface area (Å²) in [6, 6.07) is 12.5. The minimum atomic E-state index is 0.361. The molecule has 1 atom stereocenters. The van der Waals surface area contributed by atoms with Crippen LogP contribution in [0, 0.1) is 11.3 Å². The van der Waals surface area contributed by atoms with Crippen LogP contribution in [0.3, 0.4) is 0 Å². The smallest absolute Gasteiger partial charge is 0.0992 e. The number of thiophene rings is 1. The molecule has 0 saturated heterocycles. The first-order valence-electron chi connectivity index (χ1n) is 6.31. The molecular weight excluding hydrogens is 320 g/mol. The van der Waals surface area contributed by atoms with Crippen LogP contribution in [0.5, 0.6) is 0 Å². The van der Waals surface area contributed by atoms with E-state index in [1.165, 1.54) is 27.1 Å². The van der Waals surface area contributed by atoms with Crippen LogP contribution in [-0.2, 0) is 6.42 Å². The molecule has 2 nitrogen and oxygen atoms in total. The Kier molecular flexibility index (Phi) is 3.58. The van der Waals surface area contributed by atoms with Gasteiger partial charge in [0.25, 0.3) is 0 Å². The number of hydrogen-bond donors (Lipinski definition) is 1. The van der Waals surface area contributed by atoms with Crippen molar-refractivity contribution in [2.24, 2.45) is 0 Å². The molecule has 0 spiro atoms. The minimum absolute atomic E-state index is 0.361. The number of rotatable bonds is 2. The van der Waals surface area contributed by atoms with Crippen LogP contribution in [0.25, 0.3) is 0 Å². The van der Waals surface area contributed by atoms with Gasteiger partial charge < -0.3 is 5.32 Å². The summed E-state index contributed by atoms with van der Waals surface area (Å²) in [5.74, 6) is 0. The molecule has 0 saturated carbocycles. The van der Waals surface area contributed by atoms with Crippen LogP contribution >= 0.6 is 27.3 Å². The summed E-state index contributed by atoms with van der Waals surface area (Å²) >= 11 is 5.41. The van der Waals surface area contributed by atoms with E-state index in [0.29, 0.717) is 11.6 Å². The molecule has 2 aromatic rings. The van der Waals surface area contributed by atoms with Gasteiger partial charge >= 0.3 is 0 Å². The van der Waals surface area contributed by atoms with Crippen molar-refractivity contribution < 1.29 is 0 Å². The van der Waals surface area contributed by atoms with E-state index >= 15 is 0 Å². The summed E-state index contributed by atoms with van der Waals surface area (Å²) in [6.45, 7) is 0. The third-order valence-corrected chi connectivity index (χ3v) is 5.13. The molecule has 1 aliphatic rings. The second-order valence-corrected chi connectivity index (χ2v) is 7.23. The van der Waals surface area contributed by atoms with Crippen molar-refractivity contribution >= 4 is 33.0 Å². The average molecular weight is 333 g/mol. The van der Waals surface area contributed by atoms with Crippen LogP contribution in [0.1, 0.15) is 34.9 Å². The first-order valence-corrected chi connectivity index (χ1v) is 7.92. The molecular formula is C15H13BrN2S. The first-order chi connectivity index (χ1) is 9.26. The summed E-state index contributed by atoms with van der Waals surface area (Å²) in [6.07, 6.45) is 3.55. The lowest BCUT2D eigenvalue weighted by Crippen LogP contribution is -2.15. The van der Waals surface area contributed by atoms with E-state index < -0.39 is 0 Å². The number of nitriles is 1. The fourth-order valence-corrected chi connectivity index (χ4v) is 4.37. The summed E-state index contributed by atoms with van der Waals surface area (Å²) < 4.78 is 1.21. The molecule has 1 aliphatic carbocycles. The second kappa shape index (κ2) is 5.36. The summed E-state index contributed by atoms with van der Waals surface area (Å²) in [5.41, 5.74) is 3.14. The molecule has 3 rings (SSSR count). The monoisotopic (exact) mass is 332 g/mol. The molecule has 4 heteroatoms. The summed E-state index contributed by atoms with van der Waals surface area (Å²) in [5, 5.41) is 12.5. The van der Waals surface area contributed by atoms with Crippen LogP contribution < -0.4 is 5.32 Å². The highest BCUT2D eigenvalue weighted by atomic mass is 79.9. The first kappa shape index (κ1) is 12.7. The van der Waals surface area contributed by atoms with Crippen LogP contribution in [0.4, 0.5) is 5.69 Å². The Hall–Kier alpha value is -1.31. The van der Waals surface area contributed by atoms with Crippen molar-refractivity contribution in [2.45, 2.75) is 25.3 Å². The molecule has 0 bridgehead atoms. The maximum absolute atomic E-state index is 8.95. The molecule has 0 amide bonds. The third kappa shape index (κ3) is 2.68. The highest BCUT2D eigenvalue weighted by Crippen LogP contribution is 2.39. The Morgan fingerprint density at radius 3 is 3.11 bits per heavy atom. The topological polar surface area (TPSA) is 35.8 Å². The Morgan fingerprint density at radius 1 is 1.37 bits per heavy atom. The quantitative estimate of drug-likeness (QED) is 0.851. The van der Waals surface area contributed by atoms with Crippen molar-refractivity contribution in [1.82, 2.24) is 0 Å². The molecule has 1 unspecified atom stereocenters. The Labute approximate surface area is 125 Å². The summed E-state index contributed by atoms with van der Waals surface area (Å²) in [7, 11) is 0. The number of aryl methyl sites for hydroxylation is 1. The van der Waals surface area contributed by atoms with Gasteiger partial charge in [0, 0.05) is 10.6 Å². The lowest BCUT2D eigenvalue weighted by atomic mass is 9.94. The number of fused-ring (bicyclic) bond motifs is 1. The zero-order valence-electron chi connectivity index (χ0n) is 10.3. The molecule has 19 heavy (non-hydrogen) atoms. The van der Waals surface area contributed by atoms with E-state index in [1.54, 1.807) is 0 Å². The number of anilines is 1. The SMILES string of the molecule is N#Cc1cccc(NC2CCCc3sc(Br)cc32)c1. The highest BCUT2D eigenvalue weighted by Gasteiger charge is 2.22. The zero-order chi connectivity index (χ0) is 13.2. The van der Waals surface area contributed by atoms with Crippen LogP contribution in [0.2, 0.25) is 0 Å². The van der Waals surface area contributed by atoms with E-state index in [9.17, 15) is 0 Å². The van der Waals surface area contributed by atoms with Gasteiger partial charge in [-0.2, -0.15) is 5.26 Å². The van der Waals surface area contributed by atoms with Gasteiger partial charge in [0.05, 0.1) is 21.5 Å². The van der Waals surface area contributed by atoms with Gasteiger partial charge in [0.1, 0.15) is 0 Å². The van der Waals surface area contributed by atoms with Crippen molar-refractivity contribution in [3.63, 3.8) is 0 Å². The van der Waals surface area contributed by atoms with Gasteiger partial charge in [-0.3, -0.25) is 0 Å². The number of benzene rings is 1. The van der Waals surface area contributed by atoms with Gasteiger partial charge in [-0.05, 0) is 65.0 Å². The normalized spacial score (nSPS) is 17.6. The maximum Gasteiger partial charge on any atom is 0.0992 e. The number of halogens is 1. The van der Waals surface area contributed by atoms with Gasteiger partial charge in [-0.25, -0.2) is 0 Å². The Morgan fingerprint density at radius 2 is 2.26 bits per heavy atom. The lowest BCUT2D eigenvalue weighted by Gasteiger charge is -2.24. The molecule has 0 fully saturated rings. The Bertz CT molecular complexity index is 642. The van der Waals surface area contributed by atoms with Gasteiger partial charge in [0.15, 0.2) is 0 Å². The van der Waals surface area contributed by atoms with Gasteiger partial charge in [0.2, 0.25) is 0 Å². The van der Waals surface area contributed by atoms with E-state index in [4.69, 9.17) is 5.26 Å². The third-order valence-electron chi connectivity index (χ3n) is 3.42. The molecule has 1 N–H and O–H groups in total. The average Bonchev–Trinajstić information content (AvgIpc) is 2.80. The number of hydrogen-bond acceptors (Lipinski definition) is 3. The standard InChI is InChI=1S/C15H13BrN2S/c16-15-8-12-13(5-2-6-14(12)19-15)18-11-4-1-3-10(7-11)9-17/h1,3-4,7-8,13,18H,2,5-6H2. The molecule has 1 aromatic heterocycles. The fraction of sp³-hybridized carbons (Fsp3) is 0.267. The van der Waals surface area contributed by atoms with E-state index in [1.807, 2.05) is 35.6 Å². The van der Waals surface area contributed by atoms with E-state index in [0.717, 1.165) is 12.1 Å². The van der Waals surface area contributed by atoms with Gasteiger partial charge in [-0.1, -0.05) is 6.07 Å². The zero-order valence-corrected chi connectivity index (χ0v) is 12.7. The van der Waals surface area contributed by atoms with Gasteiger partial charge in [-0.15, -0.1) is 11.3 Å². The lowest BCUT2D eigenvalue weighted by molar-refractivity contribution is 0.609. The molecule has 0 radical (unpaired) electrons. The second-order valence-electron chi connectivity index (χ2n) is 4.71. The summed E-state index contributed by atoms with van der Waals surface area (Å²) in [4.78, 5) is 1.48. The van der Waals surface area contributed by atoms with Crippen molar-refractivity contribution in [3.8, 4) is 6.07 Å². The van der Waals surface area contributed by atoms with Crippen molar-refractivity contribution in [3.05, 3.63) is 50.1 Å². The van der Waals surface area contributed by atoms with Crippen molar-refractivity contribution in [1.29, 1.82) is 5.26 Å². The van der Waals surface area contributed by atoms with Crippen molar-refractivity contribution in [2.75, 3.05) is 5.32 Å². The highest BCUT2D eigenvalue weighted by molar-refractivity contribution is 9.11. The molecule has 1 aromatic carbocycles. The predicted molar refractivity (Wildman–Crippen MR) is 82.5 cm³/mol.